The van der Waals surface area contributed by atoms with Gasteiger partial charge in [-0.3, -0.25) is 0 Å². The number of hydrogen-bond donors (Lipinski definition) is 2. The maximum Gasteiger partial charge on any atom is 0.232 e. The molecule has 1 heterocycles. The number of aromatic nitrogens is 2. The van der Waals surface area contributed by atoms with E-state index in [-0.39, 0.29) is 5.88 Å². The topological polar surface area (TPSA) is 48.9 Å². The third-order valence-electron chi connectivity index (χ3n) is 3.15. The van der Waals surface area contributed by atoms with E-state index in [0.29, 0.717) is 17.3 Å². The number of imidazole rings is 1. The fourth-order valence-corrected chi connectivity index (χ4v) is 1.90. The first-order valence-corrected chi connectivity index (χ1v) is 5.20. The number of hydrogen-bond acceptors (Lipinski definition) is 2. The van der Waals surface area contributed by atoms with E-state index in [9.17, 15) is 5.11 Å². The van der Waals surface area contributed by atoms with Gasteiger partial charge in [-0.25, -0.2) is 0 Å². The second-order valence-electron chi connectivity index (χ2n) is 5.26. The molecular formula is C11H18N2O. The largest absolute Gasteiger partial charge is 0.492 e. The number of aromatic hydroxyl groups is 1. The zero-order chi connectivity index (χ0) is 10.5. The van der Waals surface area contributed by atoms with E-state index in [1.54, 1.807) is 0 Å². The Morgan fingerprint density at radius 1 is 1.50 bits per heavy atom. The average Bonchev–Trinajstić information content (AvgIpc) is 2.54. The van der Waals surface area contributed by atoms with Crippen molar-refractivity contribution in [3.05, 3.63) is 11.5 Å². The van der Waals surface area contributed by atoms with Gasteiger partial charge in [0, 0.05) is 5.92 Å². The number of nitrogens with one attached hydrogen (secondary N) is 1. The Morgan fingerprint density at radius 3 is 2.43 bits per heavy atom. The minimum absolute atomic E-state index is 0.178. The molecule has 2 rings (SSSR count). The molecule has 1 atom stereocenters. The lowest BCUT2D eigenvalue weighted by molar-refractivity contribution is 0.445. The molecule has 1 fully saturated rings. The molecule has 0 aliphatic heterocycles. The van der Waals surface area contributed by atoms with Crippen molar-refractivity contribution in [1.82, 2.24) is 9.97 Å². The molecule has 0 amide bonds. The summed E-state index contributed by atoms with van der Waals surface area (Å²) in [5.41, 5.74) is 1.22. The summed E-state index contributed by atoms with van der Waals surface area (Å²) in [5, 5.41) is 9.61. The van der Waals surface area contributed by atoms with Gasteiger partial charge in [0.1, 0.15) is 5.82 Å². The van der Waals surface area contributed by atoms with Crippen LogP contribution in [0.15, 0.2) is 0 Å². The van der Waals surface area contributed by atoms with Crippen LogP contribution in [0.4, 0.5) is 0 Å². The Morgan fingerprint density at radius 2 is 2.07 bits per heavy atom. The molecule has 0 spiro atoms. The molecule has 14 heavy (non-hydrogen) atoms. The third-order valence-corrected chi connectivity index (χ3v) is 3.15. The lowest BCUT2D eigenvalue weighted by Gasteiger charge is -2.00. The van der Waals surface area contributed by atoms with Crippen LogP contribution in [0.25, 0.3) is 0 Å². The number of aromatic amines is 1. The molecular weight excluding hydrogens is 176 g/mol. The molecule has 78 valence electrons. The predicted molar refractivity (Wildman–Crippen MR) is 55.5 cm³/mol. The van der Waals surface area contributed by atoms with Crippen molar-refractivity contribution >= 4 is 0 Å². The monoisotopic (exact) mass is 194 g/mol. The van der Waals surface area contributed by atoms with E-state index in [4.69, 9.17) is 0 Å². The van der Waals surface area contributed by atoms with Gasteiger partial charge in [0.05, 0.1) is 5.69 Å². The average molecular weight is 194 g/mol. The van der Waals surface area contributed by atoms with Crippen LogP contribution in [0, 0.1) is 5.41 Å². The molecule has 2 N–H and O–H groups in total. The van der Waals surface area contributed by atoms with Gasteiger partial charge in [0.25, 0.3) is 0 Å². The molecule has 1 saturated carbocycles. The molecule has 1 aromatic rings. The van der Waals surface area contributed by atoms with Crippen LogP contribution in [0.5, 0.6) is 5.88 Å². The van der Waals surface area contributed by atoms with Crippen LogP contribution in [-0.2, 0) is 0 Å². The third kappa shape index (κ3) is 1.41. The van der Waals surface area contributed by atoms with Crippen molar-refractivity contribution < 1.29 is 5.11 Å². The summed E-state index contributed by atoms with van der Waals surface area (Å²) in [6, 6.07) is 0. The molecule has 1 aliphatic carbocycles. The van der Waals surface area contributed by atoms with Crippen molar-refractivity contribution in [2.45, 2.75) is 46.0 Å². The molecule has 3 nitrogen and oxygen atoms in total. The maximum atomic E-state index is 9.61. The van der Waals surface area contributed by atoms with Crippen molar-refractivity contribution in [2.75, 3.05) is 0 Å². The van der Waals surface area contributed by atoms with Gasteiger partial charge in [0.15, 0.2) is 0 Å². The lowest BCUT2D eigenvalue weighted by atomic mass is 10.1. The normalized spacial score (nSPS) is 24.2. The summed E-state index contributed by atoms with van der Waals surface area (Å²) in [6.07, 6.45) is 1.16. The Bertz CT molecular complexity index is 352. The number of rotatable bonds is 2. The molecule has 0 bridgehead atoms. The van der Waals surface area contributed by atoms with E-state index >= 15 is 0 Å². The fourth-order valence-electron chi connectivity index (χ4n) is 1.90. The van der Waals surface area contributed by atoms with Crippen LogP contribution in [0.3, 0.4) is 0 Å². The highest BCUT2D eigenvalue weighted by atomic mass is 16.3. The van der Waals surface area contributed by atoms with Gasteiger partial charge in [-0.1, -0.05) is 27.7 Å². The lowest BCUT2D eigenvalue weighted by Crippen LogP contribution is -1.93. The van der Waals surface area contributed by atoms with Crippen LogP contribution in [0.1, 0.15) is 57.5 Å². The van der Waals surface area contributed by atoms with Crippen LogP contribution < -0.4 is 0 Å². The highest BCUT2D eigenvalue weighted by Crippen LogP contribution is 2.58. The SMILES string of the molecule is CC(C)c1[nH]c(C2CC2(C)C)nc1O. The molecule has 0 saturated heterocycles. The summed E-state index contributed by atoms with van der Waals surface area (Å²) in [5.74, 6) is 1.94. The quantitative estimate of drug-likeness (QED) is 0.760. The summed E-state index contributed by atoms with van der Waals surface area (Å²) >= 11 is 0. The summed E-state index contributed by atoms with van der Waals surface area (Å²) in [4.78, 5) is 7.43. The Labute approximate surface area is 84.6 Å². The number of nitrogens with zero attached hydrogens (tertiary/aromatic N) is 1. The zero-order valence-corrected chi connectivity index (χ0v) is 9.26. The summed E-state index contributed by atoms with van der Waals surface area (Å²) in [7, 11) is 0. The molecule has 0 radical (unpaired) electrons. The van der Waals surface area contributed by atoms with Crippen LogP contribution in [-0.4, -0.2) is 15.1 Å². The van der Waals surface area contributed by atoms with Crippen molar-refractivity contribution in [2.24, 2.45) is 5.41 Å². The van der Waals surface area contributed by atoms with Gasteiger partial charge in [0.2, 0.25) is 5.88 Å². The Balaban J connectivity index is 2.26. The first-order valence-electron chi connectivity index (χ1n) is 5.20. The molecule has 1 aromatic heterocycles. The van der Waals surface area contributed by atoms with E-state index in [2.05, 4.69) is 37.7 Å². The van der Waals surface area contributed by atoms with Crippen molar-refractivity contribution in [3.63, 3.8) is 0 Å². The van der Waals surface area contributed by atoms with Gasteiger partial charge < -0.3 is 10.1 Å². The van der Waals surface area contributed by atoms with E-state index in [1.165, 1.54) is 0 Å². The molecule has 0 aromatic carbocycles. The van der Waals surface area contributed by atoms with Crippen molar-refractivity contribution in [1.29, 1.82) is 0 Å². The van der Waals surface area contributed by atoms with E-state index in [1.807, 2.05) is 0 Å². The summed E-state index contributed by atoms with van der Waals surface area (Å²) < 4.78 is 0. The predicted octanol–water partition coefficient (Wildman–Crippen LogP) is 2.75. The Hall–Kier alpha value is -0.990. The molecule has 1 aliphatic rings. The van der Waals surface area contributed by atoms with E-state index < -0.39 is 0 Å². The minimum Gasteiger partial charge on any atom is -0.492 e. The van der Waals surface area contributed by atoms with Gasteiger partial charge in [-0.2, -0.15) is 4.98 Å². The standard InChI is InChI=1S/C11H18N2O/c1-6(2)8-10(14)13-9(12-8)7-5-11(7,3)4/h6-7,14H,5H2,1-4H3,(H,12,13). The van der Waals surface area contributed by atoms with Crippen LogP contribution >= 0.6 is 0 Å². The van der Waals surface area contributed by atoms with Gasteiger partial charge >= 0.3 is 0 Å². The van der Waals surface area contributed by atoms with Gasteiger partial charge in [-0.05, 0) is 17.8 Å². The second kappa shape index (κ2) is 2.75. The molecule has 3 heteroatoms. The van der Waals surface area contributed by atoms with E-state index in [0.717, 1.165) is 17.9 Å². The zero-order valence-electron chi connectivity index (χ0n) is 9.26. The highest BCUT2D eigenvalue weighted by Gasteiger charge is 2.48. The summed E-state index contributed by atoms with van der Waals surface area (Å²) in [6.45, 7) is 8.56. The van der Waals surface area contributed by atoms with Crippen molar-refractivity contribution in [3.8, 4) is 5.88 Å². The van der Waals surface area contributed by atoms with Gasteiger partial charge in [-0.15, -0.1) is 0 Å². The minimum atomic E-state index is 0.178. The first-order chi connectivity index (χ1) is 6.42. The fraction of sp³-hybridized carbons (Fsp3) is 0.727. The number of H-pyrrole nitrogens is 1. The smallest absolute Gasteiger partial charge is 0.232 e. The molecule has 1 unspecified atom stereocenters. The van der Waals surface area contributed by atoms with Crippen LogP contribution in [0.2, 0.25) is 0 Å². The first kappa shape index (κ1) is 9.56. The maximum absolute atomic E-state index is 9.61. The Kier molecular flexibility index (Phi) is 1.88. The highest BCUT2D eigenvalue weighted by molar-refractivity contribution is 5.27. The second-order valence-corrected chi connectivity index (χ2v) is 5.26.